The van der Waals surface area contributed by atoms with E-state index in [9.17, 15) is 15.6 Å². The van der Waals surface area contributed by atoms with E-state index < -0.39 is 15.9 Å². The van der Waals surface area contributed by atoms with Gasteiger partial charge in [-0.25, -0.2) is 0 Å². The van der Waals surface area contributed by atoms with E-state index in [1.807, 2.05) is 0 Å². The summed E-state index contributed by atoms with van der Waals surface area (Å²) >= 11 is 15.4. The molecule has 1 aromatic heterocycles. The summed E-state index contributed by atoms with van der Waals surface area (Å²) in [6.07, 6.45) is 0. The van der Waals surface area contributed by atoms with Crippen LogP contribution in [0.15, 0.2) is 0 Å². The van der Waals surface area contributed by atoms with Crippen LogP contribution < -0.4 is 14.2 Å². The van der Waals surface area contributed by atoms with E-state index in [4.69, 9.17) is 34.8 Å². The van der Waals surface area contributed by atoms with Crippen molar-refractivity contribution in [3.63, 3.8) is 0 Å². The lowest BCUT2D eigenvalue weighted by Gasteiger charge is -2.01. The van der Waals surface area contributed by atoms with Crippen molar-refractivity contribution in [2.24, 2.45) is 0 Å². The fraction of sp³-hybridized carbons (Fsp3) is 0. The van der Waals surface area contributed by atoms with Crippen molar-refractivity contribution in [1.82, 2.24) is 0 Å². The molecule has 0 saturated heterocycles. The van der Waals surface area contributed by atoms with Crippen LogP contribution in [0.2, 0.25) is 15.9 Å². The van der Waals surface area contributed by atoms with Gasteiger partial charge in [0.05, 0.1) is 34.8 Å². The molecule has 0 amide bonds. The van der Waals surface area contributed by atoms with Gasteiger partial charge in [-0.3, -0.25) is 0 Å². The third kappa shape index (κ3) is 1.17. The molecule has 0 radical (unpaired) electrons. The molecule has 6 nitrogen and oxygen atoms in total. The monoisotopic (exact) mass is 231 g/mol. The van der Waals surface area contributed by atoms with Gasteiger partial charge in [0, 0.05) is 0 Å². The zero-order valence-corrected chi connectivity index (χ0v) is 7.47. The second kappa shape index (κ2) is 2.96. The maximum absolute atomic E-state index is 10.7. The van der Waals surface area contributed by atoms with Gasteiger partial charge in [0.25, 0.3) is 0 Å². The molecular weight excluding hydrogens is 232 g/mol. The highest BCUT2D eigenvalue weighted by Crippen LogP contribution is 2.02. The predicted octanol–water partition coefficient (Wildman–Crippen LogP) is -0.453. The van der Waals surface area contributed by atoms with Gasteiger partial charge in [-0.1, -0.05) is 0 Å². The van der Waals surface area contributed by atoms with Crippen LogP contribution in [0.5, 0.6) is 0 Å². The number of hydrogen-bond donors (Lipinski definition) is 0. The highest BCUT2D eigenvalue weighted by Gasteiger charge is 2.33. The van der Waals surface area contributed by atoms with Crippen molar-refractivity contribution in [2.45, 2.75) is 0 Å². The average molecular weight is 232 g/mol. The fourth-order valence-electron chi connectivity index (χ4n) is 0.476. The van der Waals surface area contributed by atoms with Gasteiger partial charge < -0.3 is 15.6 Å². The molecule has 9 heteroatoms. The van der Waals surface area contributed by atoms with Crippen LogP contribution in [0.1, 0.15) is 0 Å². The summed E-state index contributed by atoms with van der Waals surface area (Å²) in [5.74, 6) is 0. The molecule has 0 saturated carbocycles. The van der Waals surface area contributed by atoms with E-state index in [1.54, 1.807) is 0 Å². The molecule has 1 rings (SSSR count). The molecule has 1 heterocycles. The Morgan fingerprint density at radius 2 is 0.833 bits per heavy atom. The molecule has 0 fully saturated rings. The summed E-state index contributed by atoms with van der Waals surface area (Å²) in [6, 6.07) is 0. The quantitative estimate of drug-likeness (QED) is 0.449. The number of halogens is 3. The van der Waals surface area contributed by atoms with E-state index in [-0.39, 0.29) is 14.2 Å². The Morgan fingerprint density at radius 1 is 0.667 bits per heavy atom. The van der Waals surface area contributed by atoms with Crippen LogP contribution in [0.4, 0.5) is 0 Å². The van der Waals surface area contributed by atoms with Gasteiger partial charge in [0.1, 0.15) is 0 Å². The summed E-state index contributed by atoms with van der Waals surface area (Å²) in [5.41, 5.74) is 0. The van der Waals surface area contributed by atoms with Crippen molar-refractivity contribution in [3.8, 4) is 0 Å². The Hall–Kier alpha value is -0.720. The SMILES string of the molecule is [O-][n+]1c(Cl)[n+]([O-])c(Cl)[n+]([O-])c1Cl. The lowest BCUT2D eigenvalue weighted by atomic mass is 11.0. The lowest BCUT2D eigenvalue weighted by molar-refractivity contribution is -0.859. The topological polar surface area (TPSA) is 80.8 Å². The summed E-state index contributed by atoms with van der Waals surface area (Å²) in [6.45, 7) is 0. The second-order valence-corrected chi connectivity index (χ2v) is 2.70. The van der Waals surface area contributed by atoms with Crippen LogP contribution in [-0.4, -0.2) is 0 Å². The van der Waals surface area contributed by atoms with Gasteiger partial charge in [0.2, 0.25) is 0 Å². The largest absolute Gasteiger partial charge is 0.608 e. The third-order valence-corrected chi connectivity index (χ3v) is 1.93. The van der Waals surface area contributed by atoms with E-state index in [0.29, 0.717) is 0 Å². The van der Waals surface area contributed by atoms with Gasteiger partial charge in [-0.05, 0) is 14.2 Å². The van der Waals surface area contributed by atoms with E-state index in [1.165, 1.54) is 0 Å². The molecule has 0 atom stereocenters. The summed E-state index contributed by atoms with van der Waals surface area (Å²) in [7, 11) is 0. The van der Waals surface area contributed by atoms with Gasteiger partial charge in [-0.2, -0.15) is 0 Å². The molecule has 66 valence electrons. The number of hydrogen-bond acceptors (Lipinski definition) is 3. The Balaban J connectivity index is 3.60. The Kier molecular flexibility index (Phi) is 2.31. The van der Waals surface area contributed by atoms with Crippen molar-refractivity contribution in [1.29, 1.82) is 0 Å². The first-order valence-electron chi connectivity index (χ1n) is 2.46. The van der Waals surface area contributed by atoms with Gasteiger partial charge >= 0.3 is 15.9 Å². The molecule has 0 aliphatic heterocycles. The number of rotatable bonds is 0. The standard InChI is InChI=1S/C3Cl3N3O3/c4-1-7(10)2(5)9(12)3(6)8(1)11. The summed E-state index contributed by atoms with van der Waals surface area (Å²) in [4.78, 5) is 0. The zero-order valence-electron chi connectivity index (χ0n) is 5.20. The van der Waals surface area contributed by atoms with Crippen molar-refractivity contribution >= 4 is 34.8 Å². The van der Waals surface area contributed by atoms with E-state index in [2.05, 4.69) is 0 Å². The average Bonchev–Trinajstić information content (AvgIpc) is 2.08. The molecule has 0 aromatic carbocycles. The molecule has 0 spiro atoms. The smallest absolute Gasteiger partial charge is 0.556 e. The van der Waals surface area contributed by atoms with Crippen LogP contribution in [0.25, 0.3) is 0 Å². The lowest BCUT2D eigenvalue weighted by Crippen LogP contribution is -2.57. The highest BCUT2D eigenvalue weighted by atomic mass is 35.5. The second-order valence-electron chi connectivity index (χ2n) is 1.69. The molecular formula is C3Cl3N3O3. The summed E-state index contributed by atoms with van der Waals surface area (Å²) in [5, 5.41) is 29.6. The first-order chi connectivity index (χ1) is 5.46. The van der Waals surface area contributed by atoms with Gasteiger partial charge in [-0.15, -0.1) is 0 Å². The molecule has 1 aromatic rings. The molecule has 12 heavy (non-hydrogen) atoms. The third-order valence-electron chi connectivity index (χ3n) is 1.01. The minimum Gasteiger partial charge on any atom is -0.608 e. The Morgan fingerprint density at radius 3 is 1.00 bits per heavy atom. The van der Waals surface area contributed by atoms with Crippen molar-refractivity contribution in [3.05, 3.63) is 31.5 Å². The maximum Gasteiger partial charge on any atom is 0.556 e. The molecule has 0 unspecified atom stereocenters. The summed E-state index contributed by atoms with van der Waals surface area (Å²) < 4.78 is -0.723. The minimum atomic E-state index is -0.836. The zero-order chi connectivity index (χ0) is 9.46. The van der Waals surface area contributed by atoms with Crippen molar-refractivity contribution in [2.75, 3.05) is 0 Å². The van der Waals surface area contributed by atoms with Crippen LogP contribution in [0, 0.1) is 15.6 Å². The molecule has 0 aliphatic carbocycles. The molecule has 0 aliphatic rings. The fourth-order valence-corrected chi connectivity index (χ4v) is 1.09. The van der Waals surface area contributed by atoms with Crippen molar-refractivity contribution < 1.29 is 14.2 Å². The highest BCUT2D eigenvalue weighted by molar-refractivity contribution is 6.30. The van der Waals surface area contributed by atoms with E-state index >= 15 is 0 Å². The molecule has 0 N–H and O–H groups in total. The molecule has 0 bridgehead atoms. The Bertz CT molecular complexity index is 238. The van der Waals surface area contributed by atoms with E-state index in [0.717, 1.165) is 0 Å². The first kappa shape index (κ1) is 9.37. The number of aromatic nitrogens is 3. The predicted molar refractivity (Wildman–Crippen MR) is 38.4 cm³/mol. The van der Waals surface area contributed by atoms with Gasteiger partial charge in [0.15, 0.2) is 0 Å². The maximum atomic E-state index is 10.7. The Labute approximate surface area is 80.9 Å². The minimum absolute atomic E-state index is 0.241. The normalized spacial score (nSPS) is 10.2. The number of nitrogens with zero attached hydrogens (tertiary/aromatic N) is 3. The van der Waals surface area contributed by atoms with Crippen LogP contribution in [0.3, 0.4) is 0 Å². The van der Waals surface area contributed by atoms with Crippen LogP contribution >= 0.6 is 34.8 Å². The van der Waals surface area contributed by atoms with Crippen LogP contribution in [-0.2, 0) is 0 Å². The first-order valence-corrected chi connectivity index (χ1v) is 3.59.